The zero-order valence-electron chi connectivity index (χ0n) is 19.6. The van der Waals surface area contributed by atoms with Crippen LogP contribution in [0.2, 0.25) is 0 Å². The molecule has 0 aliphatic heterocycles. The van der Waals surface area contributed by atoms with E-state index in [1.54, 1.807) is 20.8 Å². The first-order valence-electron chi connectivity index (χ1n) is 10.8. The number of carbonyl (C=O) groups is 4. The molecule has 0 fully saturated rings. The van der Waals surface area contributed by atoms with Crippen molar-refractivity contribution in [1.29, 1.82) is 0 Å². The molecule has 0 saturated heterocycles. The van der Waals surface area contributed by atoms with E-state index < -0.39 is 54.0 Å². The number of carbonyl (C=O) groups excluding carboxylic acids is 3. The second-order valence-corrected chi connectivity index (χ2v) is 8.90. The molecule has 0 aliphatic carbocycles. The van der Waals surface area contributed by atoms with Crippen LogP contribution >= 0.6 is 0 Å². The second-order valence-electron chi connectivity index (χ2n) is 8.90. The van der Waals surface area contributed by atoms with Crippen molar-refractivity contribution in [2.24, 2.45) is 23.5 Å². The SMILES string of the molecule is CCC(C)C(NC(=O)C(NC(=O)C(CC(C)C)NC(=O)C(N)C(C)O)C(C)C)C(=O)O. The number of amides is 3. The monoisotopic (exact) mass is 444 g/mol. The van der Waals surface area contributed by atoms with Crippen molar-refractivity contribution in [2.75, 3.05) is 0 Å². The number of hydrogen-bond acceptors (Lipinski definition) is 6. The van der Waals surface area contributed by atoms with E-state index in [4.69, 9.17) is 5.73 Å². The average Bonchev–Trinajstić information content (AvgIpc) is 2.66. The molecule has 0 aromatic rings. The summed E-state index contributed by atoms with van der Waals surface area (Å²) < 4.78 is 0. The first-order chi connectivity index (χ1) is 14.2. The molecule has 0 aromatic heterocycles. The van der Waals surface area contributed by atoms with Crippen molar-refractivity contribution in [2.45, 2.75) is 91.6 Å². The highest BCUT2D eigenvalue weighted by molar-refractivity contribution is 5.94. The smallest absolute Gasteiger partial charge is 0.326 e. The third-order valence-electron chi connectivity index (χ3n) is 5.19. The van der Waals surface area contributed by atoms with Crippen LogP contribution in [0.1, 0.15) is 61.3 Å². The summed E-state index contributed by atoms with van der Waals surface area (Å²) in [5.41, 5.74) is 5.65. The maximum Gasteiger partial charge on any atom is 0.326 e. The van der Waals surface area contributed by atoms with Gasteiger partial charge >= 0.3 is 5.97 Å². The first-order valence-corrected chi connectivity index (χ1v) is 10.8. The van der Waals surface area contributed by atoms with E-state index in [2.05, 4.69) is 16.0 Å². The minimum atomic E-state index is -1.20. The lowest BCUT2D eigenvalue weighted by Crippen LogP contribution is -2.59. The minimum Gasteiger partial charge on any atom is -0.480 e. The zero-order valence-corrected chi connectivity index (χ0v) is 19.6. The number of nitrogens with one attached hydrogen (secondary N) is 3. The van der Waals surface area contributed by atoms with Crippen molar-refractivity contribution >= 4 is 23.7 Å². The molecular formula is C21H40N4O6. The van der Waals surface area contributed by atoms with Gasteiger partial charge in [-0.05, 0) is 31.1 Å². The van der Waals surface area contributed by atoms with Gasteiger partial charge in [0.25, 0.3) is 0 Å². The predicted octanol–water partition coefficient (Wildman–Crippen LogP) is -0.0183. The van der Waals surface area contributed by atoms with Crippen molar-refractivity contribution in [1.82, 2.24) is 16.0 Å². The fraction of sp³-hybridized carbons (Fsp3) is 0.810. The zero-order chi connectivity index (χ0) is 24.5. The van der Waals surface area contributed by atoms with Crippen LogP contribution in [-0.4, -0.2) is 64.2 Å². The Morgan fingerprint density at radius 2 is 1.35 bits per heavy atom. The lowest BCUT2D eigenvalue weighted by atomic mass is 9.96. The summed E-state index contributed by atoms with van der Waals surface area (Å²) in [5.74, 6) is -3.58. The van der Waals surface area contributed by atoms with Crippen LogP contribution in [0.5, 0.6) is 0 Å². The molecule has 0 saturated carbocycles. The summed E-state index contributed by atoms with van der Waals surface area (Å²) in [6.45, 7) is 12.1. The Bertz CT molecular complexity index is 623. The first kappa shape index (κ1) is 28.8. The van der Waals surface area contributed by atoms with Crippen molar-refractivity contribution < 1.29 is 29.4 Å². The number of carboxylic acids is 1. The van der Waals surface area contributed by atoms with Gasteiger partial charge in [0, 0.05) is 0 Å². The molecule has 0 rings (SSSR count). The molecule has 0 spiro atoms. The Morgan fingerprint density at radius 1 is 0.839 bits per heavy atom. The highest BCUT2D eigenvalue weighted by Gasteiger charge is 2.33. The number of carboxylic acid groups (broad SMARTS) is 1. The van der Waals surface area contributed by atoms with Crippen LogP contribution in [-0.2, 0) is 19.2 Å². The molecule has 180 valence electrons. The van der Waals surface area contributed by atoms with E-state index in [1.165, 1.54) is 6.92 Å². The number of aliphatic hydroxyl groups excluding tert-OH is 1. The number of aliphatic carboxylic acids is 1. The van der Waals surface area contributed by atoms with Crippen LogP contribution in [0, 0.1) is 17.8 Å². The Labute approximate surface area is 184 Å². The maximum absolute atomic E-state index is 12.9. The van der Waals surface area contributed by atoms with Crippen LogP contribution in [0.15, 0.2) is 0 Å². The van der Waals surface area contributed by atoms with Crippen LogP contribution in [0.25, 0.3) is 0 Å². The Morgan fingerprint density at radius 3 is 1.74 bits per heavy atom. The van der Waals surface area contributed by atoms with Crippen LogP contribution in [0.4, 0.5) is 0 Å². The maximum atomic E-state index is 12.9. The second kappa shape index (κ2) is 13.3. The fourth-order valence-corrected chi connectivity index (χ4v) is 2.90. The molecule has 0 radical (unpaired) electrons. The summed E-state index contributed by atoms with van der Waals surface area (Å²) in [4.78, 5) is 49.5. The van der Waals surface area contributed by atoms with Gasteiger partial charge in [0.05, 0.1) is 6.10 Å². The van der Waals surface area contributed by atoms with Gasteiger partial charge in [-0.15, -0.1) is 0 Å². The van der Waals surface area contributed by atoms with Gasteiger partial charge in [0.2, 0.25) is 17.7 Å². The molecule has 0 aromatic carbocycles. The highest BCUT2D eigenvalue weighted by atomic mass is 16.4. The lowest BCUT2D eigenvalue weighted by molar-refractivity contribution is -0.144. The molecule has 7 N–H and O–H groups in total. The van der Waals surface area contributed by atoms with Gasteiger partial charge in [0.1, 0.15) is 24.2 Å². The summed E-state index contributed by atoms with van der Waals surface area (Å²) in [5, 5.41) is 26.6. The van der Waals surface area contributed by atoms with E-state index in [0.717, 1.165) is 0 Å². The van der Waals surface area contributed by atoms with Gasteiger partial charge in [-0.3, -0.25) is 14.4 Å². The Kier molecular flexibility index (Phi) is 12.3. The number of rotatable bonds is 13. The fourth-order valence-electron chi connectivity index (χ4n) is 2.90. The lowest BCUT2D eigenvalue weighted by Gasteiger charge is -2.29. The molecule has 0 bridgehead atoms. The molecule has 0 aliphatic rings. The van der Waals surface area contributed by atoms with E-state index in [0.29, 0.717) is 12.8 Å². The normalized spacial score (nSPS) is 17.3. The topological polar surface area (TPSA) is 171 Å². The highest BCUT2D eigenvalue weighted by Crippen LogP contribution is 2.11. The van der Waals surface area contributed by atoms with Crippen molar-refractivity contribution in [3.63, 3.8) is 0 Å². The minimum absolute atomic E-state index is 0.0481. The van der Waals surface area contributed by atoms with Crippen LogP contribution in [0.3, 0.4) is 0 Å². The predicted molar refractivity (Wildman–Crippen MR) is 117 cm³/mol. The molecule has 6 unspecified atom stereocenters. The largest absolute Gasteiger partial charge is 0.480 e. The summed E-state index contributed by atoms with van der Waals surface area (Å²) in [6, 6.07) is -4.23. The molecule has 10 nitrogen and oxygen atoms in total. The molecule has 3 amide bonds. The van der Waals surface area contributed by atoms with E-state index >= 15 is 0 Å². The van der Waals surface area contributed by atoms with Gasteiger partial charge < -0.3 is 31.9 Å². The van der Waals surface area contributed by atoms with Gasteiger partial charge in [0.15, 0.2) is 0 Å². The summed E-state index contributed by atoms with van der Waals surface area (Å²) in [6.07, 6.45) is -0.242. The van der Waals surface area contributed by atoms with Gasteiger partial charge in [-0.1, -0.05) is 48.0 Å². The molecular weight excluding hydrogens is 404 g/mol. The third kappa shape index (κ3) is 9.65. The Balaban J connectivity index is 5.48. The molecule has 31 heavy (non-hydrogen) atoms. The Hall–Kier alpha value is -2.20. The number of aliphatic hydroxyl groups is 1. The summed E-state index contributed by atoms with van der Waals surface area (Å²) >= 11 is 0. The van der Waals surface area contributed by atoms with Crippen molar-refractivity contribution in [3.05, 3.63) is 0 Å². The quantitative estimate of drug-likeness (QED) is 0.232. The third-order valence-corrected chi connectivity index (χ3v) is 5.19. The van der Waals surface area contributed by atoms with E-state index in [1.807, 2.05) is 20.8 Å². The van der Waals surface area contributed by atoms with Crippen molar-refractivity contribution in [3.8, 4) is 0 Å². The molecule has 10 heteroatoms. The standard InChI is InChI=1S/C21H40N4O6/c1-8-12(6)17(21(30)31)25-20(29)16(11(4)5)24-18(27)14(9-10(2)3)23-19(28)15(22)13(7)26/h10-17,26H,8-9,22H2,1-7H3,(H,23,28)(H,24,27)(H,25,29)(H,30,31). The number of nitrogens with two attached hydrogens (primary N) is 1. The van der Waals surface area contributed by atoms with Gasteiger partial charge in [-0.2, -0.15) is 0 Å². The van der Waals surface area contributed by atoms with E-state index in [-0.39, 0.29) is 17.8 Å². The number of hydrogen-bond donors (Lipinski definition) is 6. The van der Waals surface area contributed by atoms with Crippen LogP contribution < -0.4 is 21.7 Å². The van der Waals surface area contributed by atoms with Gasteiger partial charge in [-0.25, -0.2) is 4.79 Å². The van der Waals surface area contributed by atoms with E-state index in [9.17, 15) is 29.4 Å². The summed E-state index contributed by atoms with van der Waals surface area (Å²) in [7, 11) is 0. The molecule has 6 atom stereocenters. The molecule has 0 heterocycles. The average molecular weight is 445 g/mol.